The molecule has 1 unspecified atom stereocenters. The minimum absolute atomic E-state index is 0.0834. The number of rotatable bonds is 4. The van der Waals surface area contributed by atoms with E-state index in [4.69, 9.17) is 16.3 Å². The second-order valence-corrected chi connectivity index (χ2v) is 5.73. The van der Waals surface area contributed by atoms with Crippen LogP contribution in [0.25, 0.3) is 0 Å². The van der Waals surface area contributed by atoms with E-state index in [0.717, 1.165) is 18.5 Å². The van der Waals surface area contributed by atoms with Gasteiger partial charge in [-0.15, -0.1) is 0 Å². The number of piperidine rings is 1. The molecule has 1 fully saturated rings. The molecule has 1 aromatic rings. The van der Waals surface area contributed by atoms with Crippen LogP contribution in [-0.4, -0.2) is 31.6 Å². The van der Waals surface area contributed by atoms with Crippen LogP contribution in [0.15, 0.2) is 18.2 Å². The predicted molar refractivity (Wildman–Crippen MR) is 81.7 cm³/mol. The Kier molecular flexibility index (Phi) is 4.89. The third-order valence-corrected chi connectivity index (χ3v) is 3.74. The van der Waals surface area contributed by atoms with E-state index in [2.05, 4.69) is 5.32 Å². The summed E-state index contributed by atoms with van der Waals surface area (Å²) in [5.74, 6) is 0.788. The van der Waals surface area contributed by atoms with Gasteiger partial charge in [-0.1, -0.05) is 25.4 Å². The Morgan fingerprint density at radius 3 is 2.85 bits per heavy atom. The molecule has 1 aliphatic rings. The number of nitrogens with one attached hydrogen (secondary N) is 1. The van der Waals surface area contributed by atoms with Crippen molar-refractivity contribution in [2.75, 3.05) is 18.6 Å². The van der Waals surface area contributed by atoms with Crippen LogP contribution in [0.3, 0.4) is 0 Å². The Morgan fingerprint density at radius 2 is 2.20 bits per heavy atom. The Morgan fingerprint density at radius 1 is 1.45 bits per heavy atom. The van der Waals surface area contributed by atoms with Crippen molar-refractivity contribution < 1.29 is 9.53 Å². The van der Waals surface area contributed by atoms with Crippen molar-refractivity contribution in [3.05, 3.63) is 23.2 Å². The molecule has 1 aromatic carbocycles. The molecule has 0 spiro atoms. The molecule has 1 N–H and O–H groups in total. The maximum absolute atomic E-state index is 12.6. The van der Waals surface area contributed by atoms with Crippen LogP contribution in [-0.2, 0) is 4.79 Å². The first kappa shape index (κ1) is 15.1. The SMILES string of the molecule is COc1ccc(Cl)c(N2CCCC(NC(C)C)C2=O)c1. The fraction of sp³-hybridized carbons (Fsp3) is 0.533. The van der Waals surface area contributed by atoms with E-state index in [9.17, 15) is 4.79 Å². The Labute approximate surface area is 125 Å². The molecule has 4 nitrogen and oxygen atoms in total. The molecule has 1 atom stereocenters. The van der Waals surface area contributed by atoms with Gasteiger partial charge in [0.15, 0.2) is 0 Å². The van der Waals surface area contributed by atoms with Gasteiger partial charge >= 0.3 is 0 Å². The molecular formula is C15H21ClN2O2. The van der Waals surface area contributed by atoms with Crippen molar-refractivity contribution in [1.29, 1.82) is 0 Å². The molecular weight excluding hydrogens is 276 g/mol. The number of hydrogen-bond acceptors (Lipinski definition) is 3. The highest BCUT2D eigenvalue weighted by Gasteiger charge is 2.30. The number of methoxy groups -OCH3 is 1. The summed E-state index contributed by atoms with van der Waals surface area (Å²) in [5, 5.41) is 3.89. The summed E-state index contributed by atoms with van der Waals surface area (Å²) in [4.78, 5) is 14.3. The number of nitrogens with zero attached hydrogens (tertiary/aromatic N) is 1. The molecule has 20 heavy (non-hydrogen) atoms. The summed E-state index contributed by atoms with van der Waals surface area (Å²) in [6.45, 7) is 4.79. The zero-order chi connectivity index (χ0) is 14.7. The quantitative estimate of drug-likeness (QED) is 0.929. The minimum Gasteiger partial charge on any atom is -0.497 e. The lowest BCUT2D eigenvalue weighted by atomic mass is 10.0. The number of anilines is 1. The van der Waals surface area contributed by atoms with Gasteiger partial charge in [-0.2, -0.15) is 0 Å². The molecule has 1 saturated heterocycles. The van der Waals surface area contributed by atoms with Gasteiger partial charge in [-0.25, -0.2) is 0 Å². The number of carbonyl (C=O) groups excluding carboxylic acids is 1. The lowest BCUT2D eigenvalue weighted by Crippen LogP contribution is -2.52. The van der Waals surface area contributed by atoms with Gasteiger partial charge in [0.25, 0.3) is 0 Å². The van der Waals surface area contributed by atoms with Crippen LogP contribution in [0.5, 0.6) is 5.75 Å². The zero-order valence-electron chi connectivity index (χ0n) is 12.1. The number of hydrogen-bond donors (Lipinski definition) is 1. The monoisotopic (exact) mass is 296 g/mol. The fourth-order valence-electron chi connectivity index (χ4n) is 2.50. The highest BCUT2D eigenvalue weighted by molar-refractivity contribution is 6.34. The number of halogens is 1. The molecule has 0 saturated carbocycles. The van der Waals surface area contributed by atoms with Gasteiger partial charge in [0, 0.05) is 18.7 Å². The molecule has 2 rings (SSSR count). The van der Waals surface area contributed by atoms with E-state index in [1.807, 2.05) is 19.9 Å². The molecule has 0 radical (unpaired) electrons. The fourth-order valence-corrected chi connectivity index (χ4v) is 2.72. The Bertz CT molecular complexity index is 491. The Hall–Kier alpha value is -1.26. The summed E-state index contributed by atoms with van der Waals surface area (Å²) in [5.41, 5.74) is 0.728. The smallest absolute Gasteiger partial charge is 0.244 e. The number of benzene rings is 1. The van der Waals surface area contributed by atoms with Crippen molar-refractivity contribution in [1.82, 2.24) is 5.32 Å². The van der Waals surface area contributed by atoms with Gasteiger partial charge in [0.2, 0.25) is 5.91 Å². The highest BCUT2D eigenvalue weighted by atomic mass is 35.5. The summed E-state index contributed by atoms with van der Waals surface area (Å²) in [6, 6.07) is 5.53. The van der Waals surface area contributed by atoms with Gasteiger partial charge in [0.05, 0.1) is 23.9 Å². The van der Waals surface area contributed by atoms with Crippen molar-refractivity contribution in [2.45, 2.75) is 38.8 Å². The van der Waals surface area contributed by atoms with Crippen LogP contribution < -0.4 is 15.0 Å². The molecule has 0 aromatic heterocycles. The molecule has 1 heterocycles. The molecule has 0 aliphatic carbocycles. The molecule has 5 heteroatoms. The highest BCUT2D eigenvalue weighted by Crippen LogP contribution is 2.32. The normalized spacial score (nSPS) is 19.6. The van der Waals surface area contributed by atoms with Crippen LogP contribution in [0.2, 0.25) is 5.02 Å². The maximum atomic E-state index is 12.6. The Balaban J connectivity index is 2.25. The van der Waals surface area contributed by atoms with Gasteiger partial charge < -0.3 is 15.0 Å². The number of amides is 1. The van der Waals surface area contributed by atoms with Gasteiger partial charge in [0.1, 0.15) is 5.75 Å². The van der Waals surface area contributed by atoms with E-state index in [0.29, 0.717) is 17.3 Å². The van der Waals surface area contributed by atoms with Gasteiger partial charge in [-0.05, 0) is 25.0 Å². The first-order valence-electron chi connectivity index (χ1n) is 6.94. The molecule has 1 aliphatic heterocycles. The zero-order valence-corrected chi connectivity index (χ0v) is 12.9. The lowest BCUT2D eigenvalue weighted by Gasteiger charge is -2.34. The standard InChI is InChI=1S/C15H21ClN2O2/c1-10(2)17-13-5-4-8-18(15(13)19)14-9-11(20-3)6-7-12(14)16/h6-7,9-10,13,17H,4-5,8H2,1-3H3. The third kappa shape index (κ3) is 3.25. The first-order chi connectivity index (χ1) is 9.52. The number of ether oxygens (including phenoxy) is 1. The second-order valence-electron chi connectivity index (χ2n) is 5.32. The van der Waals surface area contributed by atoms with Crippen LogP contribution in [0, 0.1) is 0 Å². The van der Waals surface area contributed by atoms with Crippen LogP contribution in [0.1, 0.15) is 26.7 Å². The van der Waals surface area contributed by atoms with Gasteiger partial charge in [-0.3, -0.25) is 4.79 Å². The topological polar surface area (TPSA) is 41.6 Å². The third-order valence-electron chi connectivity index (χ3n) is 3.42. The van der Waals surface area contributed by atoms with E-state index in [1.165, 1.54) is 0 Å². The second kappa shape index (κ2) is 6.46. The lowest BCUT2D eigenvalue weighted by molar-refractivity contribution is -0.121. The summed E-state index contributed by atoms with van der Waals surface area (Å²) in [7, 11) is 1.61. The van der Waals surface area contributed by atoms with Crippen molar-refractivity contribution in [2.24, 2.45) is 0 Å². The maximum Gasteiger partial charge on any atom is 0.244 e. The predicted octanol–water partition coefficient (Wildman–Crippen LogP) is 2.84. The largest absolute Gasteiger partial charge is 0.497 e. The average molecular weight is 297 g/mol. The average Bonchev–Trinajstić information content (AvgIpc) is 2.42. The van der Waals surface area contributed by atoms with E-state index >= 15 is 0 Å². The summed E-state index contributed by atoms with van der Waals surface area (Å²) in [6.07, 6.45) is 1.83. The van der Waals surface area contributed by atoms with Crippen LogP contribution in [0.4, 0.5) is 5.69 Å². The summed E-state index contributed by atoms with van der Waals surface area (Å²) < 4.78 is 5.22. The summed E-state index contributed by atoms with van der Waals surface area (Å²) >= 11 is 6.24. The molecule has 0 bridgehead atoms. The minimum atomic E-state index is -0.133. The first-order valence-corrected chi connectivity index (χ1v) is 7.31. The van der Waals surface area contributed by atoms with E-state index in [-0.39, 0.29) is 18.0 Å². The van der Waals surface area contributed by atoms with E-state index in [1.54, 1.807) is 24.1 Å². The number of carbonyl (C=O) groups is 1. The molecule has 1 amide bonds. The van der Waals surface area contributed by atoms with Crippen molar-refractivity contribution >= 4 is 23.2 Å². The van der Waals surface area contributed by atoms with E-state index < -0.39 is 0 Å². The van der Waals surface area contributed by atoms with Crippen molar-refractivity contribution in [3.63, 3.8) is 0 Å². The van der Waals surface area contributed by atoms with Crippen LogP contribution >= 0.6 is 11.6 Å². The van der Waals surface area contributed by atoms with Crippen molar-refractivity contribution in [3.8, 4) is 5.75 Å². The molecule has 110 valence electrons.